The standard InChI is InChI=1S/C25H19ClF3N3O3/c1-3-35-22-16(12-18(26)13-21(22)34-2)14-30-32-23(15-7-6-8-17(11-15)25(27,28)29)31-20-10-5-4-9-19(20)24(32)33/h4-14H,3H2,1-2H3. The highest BCUT2D eigenvalue weighted by molar-refractivity contribution is 6.31. The molecule has 0 aliphatic heterocycles. The Morgan fingerprint density at radius 1 is 1.11 bits per heavy atom. The molecule has 10 heteroatoms. The van der Waals surface area contributed by atoms with Crippen molar-refractivity contribution < 1.29 is 22.6 Å². The van der Waals surface area contributed by atoms with E-state index in [0.717, 1.165) is 16.8 Å². The number of rotatable bonds is 6. The first-order chi connectivity index (χ1) is 16.7. The molecular weight excluding hydrogens is 483 g/mol. The third-order valence-corrected chi connectivity index (χ3v) is 5.29. The van der Waals surface area contributed by atoms with Gasteiger partial charge in [0.05, 0.1) is 36.4 Å². The molecule has 4 aromatic rings. The molecule has 0 spiro atoms. The average Bonchev–Trinajstić information content (AvgIpc) is 2.84. The van der Waals surface area contributed by atoms with E-state index >= 15 is 0 Å². The van der Waals surface area contributed by atoms with Crippen molar-refractivity contribution in [1.82, 2.24) is 9.66 Å². The Morgan fingerprint density at radius 2 is 1.89 bits per heavy atom. The maximum absolute atomic E-state index is 13.4. The van der Waals surface area contributed by atoms with Gasteiger partial charge in [-0.2, -0.15) is 22.9 Å². The van der Waals surface area contributed by atoms with Crippen molar-refractivity contribution in [1.29, 1.82) is 0 Å². The van der Waals surface area contributed by atoms with Crippen LogP contribution in [0.25, 0.3) is 22.3 Å². The van der Waals surface area contributed by atoms with E-state index in [-0.39, 0.29) is 16.8 Å². The molecule has 0 aliphatic carbocycles. The van der Waals surface area contributed by atoms with E-state index in [1.54, 1.807) is 43.3 Å². The zero-order chi connectivity index (χ0) is 25.2. The molecule has 1 heterocycles. The van der Waals surface area contributed by atoms with Gasteiger partial charge in [-0.3, -0.25) is 4.79 Å². The lowest BCUT2D eigenvalue weighted by Crippen LogP contribution is -2.20. The summed E-state index contributed by atoms with van der Waals surface area (Å²) < 4.78 is 52.0. The minimum Gasteiger partial charge on any atom is -0.493 e. The highest BCUT2D eigenvalue weighted by Crippen LogP contribution is 2.34. The van der Waals surface area contributed by atoms with Crippen molar-refractivity contribution in [3.05, 3.63) is 87.2 Å². The first-order valence-electron chi connectivity index (χ1n) is 10.5. The van der Waals surface area contributed by atoms with Crippen LogP contribution in [0.2, 0.25) is 5.02 Å². The third kappa shape index (κ3) is 5.00. The van der Waals surface area contributed by atoms with Gasteiger partial charge in [0, 0.05) is 22.2 Å². The van der Waals surface area contributed by atoms with Gasteiger partial charge in [-0.15, -0.1) is 0 Å². The Morgan fingerprint density at radius 3 is 2.60 bits per heavy atom. The lowest BCUT2D eigenvalue weighted by molar-refractivity contribution is -0.137. The Hall–Kier alpha value is -3.85. The molecule has 0 atom stereocenters. The SMILES string of the molecule is CCOc1c(C=Nn2c(-c3cccc(C(F)(F)F)c3)nc3ccccc3c2=O)cc(Cl)cc1OC. The van der Waals surface area contributed by atoms with Gasteiger partial charge in [-0.25, -0.2) is 4.98 Å². The molecule has 0 radical (unpaired) electrons. The number of ether oxygens (including phenoxy) is 2. The van der Waals surface area contributed by atoms with Gasteiger partial charge in [0.2, 0.25) is 0 Å². The van der Waals surface area contributed by atoms with Crippen molar-refractivity contribution in [3.63, 3.8) is 0 Å². The van der Waals surface area contributed by atoms with Crippen LogP contribution in [0.3, 0.4) is 0 Å². The van der Waals surface area contributed by atoms with Crippen LogP contribution in [-0.2, 0) is 6.18 Å². The van der Waals surface area contributed by atoms with Gasteiger partial charge >= 0.3 is 6.18 Å². The summed E-state index contributed by atoms with van der Waals surface area (Å²) in [6, 6.07) is 14.2. The van der Waals surface area contributed by atoms with Gasteiger partial charge in [0.15, 0.2) is 17.3 Å². The molecule has 4 rings (SSSR count). The van der Waals surface area contributed by atoms with Crippen LogP contribution in [0, 0.1) is 0 Å². The van der Waals surface area contributed by atoms with E-state index in [0.29, 0.717) is 34.2 Å². The number of nitrogens with zero attached hydrogens (tertiary/aromatic N) is 3. The van der Waals surface area contributed by atoms with E-state index in [4.69, 9.17) is 21.1 Å². The molecule has 180 valence electrons. The number of benzene rings is 3. The smallest absolute Gasteiger partial charge is 0.416 e. The molecule has 0 N–H and O–H groups in total. The summed E-state index contributed by atoms with van der Waals surface area (Å²) >= 11 is 6.19. The highest BCUT2D eigenvalue weighted by atomic mass is 35.5. The Labute approximate surface area is 203 Å². The molecule has 3 aromatic carbocycles. The van der Waals surface area contributed by atoms with Crippen molar-refractivity contribution in [2.45, 2.75) is 13.1 Å². The lowest BCUT2D eigenvalue weighted by Gasteiger charge is -2.14. The largest absolute Gasteiger partial charge is 0.493 e. The maximum atomic E-state index is 13.4. The van der Waals surface area contributed by atoms with Crippen molar-refractivity contribution in [2.24, 2.45) is 5.10 Å². The van der Waals surface area contributed by atoms with E-state index in [1.807, 2.05) is 0 Å². The second-order valence-corrected chi connectivity index (χ2v) is 7.79. The summed E-state index contributed by atoms with van der Waals surface area (Å²) in [6.07, 6.45) is -3.24. The van der Waals surface area contributed by atoms with Gasteiger partial charge in [0.1, 0.15) is 0 Å². The normalized spacial score (nSPS) is 11.8. The van der Waals surface area contributed by atoms with Crippen molar-refractivity contribution in [2.75, 3.05) is 13.7 Å². The van der Waals surface area contributed by atoms with Crippen molar-refractivity contribution in [3.8, 4) is 22.9 Å². The third-order valence-electron chi connectivity index (χ3n) is 5.07. The summed E-state index contributed by atoms with van der Waals surface area (Å²) in [5.74, 6) is 0.663. The number of para-hydroxylation sites is 1. The molecule has 0 unspecified atom stereocenters. The van der Waals surface area contributed by atoms with E-state index < -0.39 is 17.3 Å². The number of alkyl halides is 3. The van der Waals surface area contributed by atoms with Crippen LogP contribution < -0.4 is 15.0 Å². The monoisotopic (exact) mass is 501 g/mol. The van der Waals surface area contributed by atoms with Gasteiger partial charge < -0.3 is 9.47 Å². The Balaban J connectivity index is 1.95. The summed E-state index contributed by atoms with van der Waals surface area (Å²) in [7, 11) is 1.46. The fraction of sp³-hybridized carbons (Fsp3) is 0.160. The summed E-state index contributed by atoms with van der Waals surface area (Å²) in [4.78, 5) is 17.8. The van der Waals surface area contributed by atoms with Crippen LogP contribution in [0.1, 0.15) is 18.1 Å². The number of hydrogen-bond donors (Lipinski definition) is 0. The molecule has 6 nitrogen and oxygen atoms in total. The molecule has 0 amide bonds. The summed E-state index contributed by atoms with van der Waals surface area (Å²) in [5, 5.41) is 4.89. The van der Waals surface area contributed by atoms with Gasteiger partial charge in [-0.1, -0.05) is 35.9 Å². The van der Waals surface area contributed by atoms with Crippen LogP contribution >= 0.6 is 11.6 Å². The number of hydrogen-bond acceptors (Lipinski definition) is 5. The topological polar surface area (TPSA) is 65.7 Å². The zero-order valence-corrected chi connectivity index (χ0v) is 19.4. The van der Waals surface area contributed by atoms with Gasteiger partial charge in [-0.05, 0) is 37.3 Å². The van der Waals surface area contributed by atoms with Crippen LogP contribution in [0.5, 0.6) is 11.5 Å². The maximum Gasteiger partial charge on any atom is 0.416 e. The molecule has 0 bridgehead atoms. The number of fused-ring (bicyclic) bond motifs is 1. The first-order valence-corrected chi connectivity index (χ1v) is 10.8. The van der Waals surface area contributed by atoms with Crippen molar-refractivity contribution >= 4 is 28.7 Å². The second-order valence-electron chi connectivity index (χ2n) is 7.35. The summed E-state index contributed by atoms with van der Waals surface area (Å²) in [6.45, 7) is 2.12. The molecule has 0 fully saturated rings. The predicted molar refractivity (Wildman–Crippen MR) is 129 cm³/mol. The first kappa shape index (κ1) is 24.3. The van der Waals surface area contributed by atoms with Crippen LogP contribution in [0.15, 0.2) is 70.6 Å². The predicted octanol–water partition coefficient (Wildman–Crippen LogP) is 6.03. The minimum absolute atomic E-state index is 0.0528. The Bertz CT molecular complexity index is 1480. The highest BCUT2D eigenvalue weighted by Gasteiger charge is 2.31. The average molecular weight is 502 g/mol. The van der Waals surface area contributed by atoms with Crippen LogP contribution in [0.4, 0.5) is 13.2 Å². The summed E-state index contributed by atoms with van der Waals surface area (Å²) in [5.41, 5.74) is -0.604. The molecule has 35 heavy (non-hydrogen) atoms. The molecule has 0 saturated heterocycles. The van der Waals surface area contributed by atoms with E-state index in [9.17, 15) is 18.0 Å². The second kappa shape index (κ2) is 9.79. The number of aromatic nitrogens is 2. The number of halogens is 4. The van der Waals surface area contributed by atoms with E-state index in [2.05, 4.69) is 10.1 Å². The number of methoxy groups -OCH3 is 1. The van der Waals surface area contributed by atoms with E-state index in [1.165, 1.54) is 25.5 Å². The minimum atomic E-state index is -4.56. The molecule has 0 aliphatic rings. The van der Waals surface area contributed by atoms with Gasteiger partial charge in [0.25, 0.3) is 5.56 Å². The molecule has 1 aromatic heterocycles. The van der Waals surface area contributed by atoms with Crippen LogP contribution in [-0.4, -0.2) is 29.6 Å². The zero-order valence-electron chi connectivity index (χ0n) is 18.6. The molecular formula is C25H19ClF3N3O3. The quantitative estimate of drug-likeness (QED) is 0.303. The fourth-order valence-electron chi connectivity index (χ4n) is 3.51. The lowest BCUT2D eigenvalue weighted by atomic mass is 10.1. The molecule has 0 saturated carbocycles. The Kier molecular flexibility index (Phi) is 6.79. The fourth-order valence-corrected chi connectivity index (χ4v) is 3.72.